The zero-order valence-corrected chi connectivity index (χ0v) is 11.5. The van der Waals surface area contributed by atoms with Gasteiger partial charge >= 0.3 is 0 Å². The molecular formula is C12H12BrNOS. The average Bonchev–Trinajstić information content (AvgIpc) is 2.59. The number of carbonyl (C=O) groups is 1. The number of benzene rings is 1. The smallest absolute Gasteiger partial charge is 0.261 e. The van der Waals surface area contributed by atoms with E-state index in [1.165, 1.54) is 11.3 Å². The number of hydrogen-bond donors (Lipinski definition) is 1. The van der Waals surface area contributed by atoms with E-state index in [9.17, 15) is 4.79 Å². The van der Waals surface area contributed by atoms with Gasteiger partial charge in [0, 0.05) is 15.2 Å². The van der Waals surface area contributed by atoms with Crippen molar-refractivity contribution in [2.75, 3.05) is 0 Å². The highest BCUT2D eigenvalue weighted by molar-refractivity contribution is 9.10. The van der Waals surface area contributed by atoms with Crippen LogP contribution in [0.3, 0.4) is 0 Å². The van der Waals surface area contributed by atoms with Crippen LogP contribution in [0.25, 0.3) is 10.1 Å². The molecule has 0 radical (unpaired) electrons. The quantitative estimate of drug-likeness (QED) is 0.897. The molecule has 0 fully saturated rings. The van der Waals surface area contributed by atoms with Gasteiger partial charge in [-0.2, -0.15) is 0 Å². The maximum Gasteiger partial charge on any atom is 0.261 e. The first-order chi connectivity index (χ1) is 7.56. The molecule has 4 heteroatoms. The molecule has 1 N–H and O–H groups in total. The van der Waals surface area contributed by atoms with E-state index in [2.05, 4.69) is 21.2 Å². The SMILES string of the molecule is CC(C)NC(=O)c1cc2ccc(Br)cc2s1. The molecular weight excluding hydrogens is 286 g/mol. The number of hydrogen-bond acceptors (Lipinski definition) is 2. The molecule has 0 aliphatic carbocycles. The fourth-order valence-corrected chi connectivity index (χ4v) is 2.97. The monoisotopic (exact) mass is 297 g/mol. The van der Waals surface area contributed by atoms with Gasteiger partial charge in [-0.15, -0.1) is 11.3 Å². The van der Waals surface area contributed by atoms with Crippen LogP contribution >= 0.6 is 27.3 Å². The molecule has 0 spiro atoms. The van der Waals surface area contributed by atoms with Crippen LogP contribution in [-0.4, -0.2) is 11.9 Å². The van der Waals surface area contributed by atoms with Crippen LogP contribution in [0.15, 0.2) is 28.7 Å². The van der Waals surface area contributed by atoms with E-state index in [-0.39, 0.29) is 11.9 Å². The fraction of sp³-hybridized carbons (Fsp3) is 0.250. The van der Waals surface area contributed by atoms with Crippen molar-refractivity contribution in [3.63, 3.8) is 0 Å². The molecule has 2 rings (SSSR count). The molecule has 1 aromatic carbocycles. The average molecular weight is 298 g/mol. The summed E-state index contributed by atoms with van der Waals surface area (Å²) >= 11 is 4.94. The molecule has 1 aromatic heterocycles. The largest absolute Gasteiger partial charge is 0.349 e. The molecule has 1 heterocycles. The molecule has 0 atom stereocenters. The predicted octanol–water partition coefficient (Wildman–Crippen LogP) is 3.80. The van der Waals surface area contributed by atoms with Crippen LogP contribution in [0, 0.1) is 0 Å². The highest BCUT2D eigenvalue weighted by Crippen LogP contribution is 2.28. The number of fused-ring (bicyclic) bond motifs is 1. The lowest BCUT2D eigenvalue weighted by molar-refractivity contribution is 0.0947. The highest BCUT2D eigenvalue weighted by Gasteiger charge is 2.10. The van der Waals surface area contributed by atoms with Gasteiger partial charge in [0.15, 0.2) is 0 Å². The van der Waals surface area contributed by atoms with E-state index in [0.717, 1.165) is 19.4 Å². The normalized spacial score (nSPS) is 11.0. The van der Waals surface area contributed by atoms with Crippen molar-refractivity contribution in [1.82, 2.24) is 5.32 Å². The van der Waals surface area contributed by atoms with Gasteiger partial charge in [-0.3, -0.25) is 4.79 Å². The van der Waals surface area contributed by atoms with Crippen molar-refractivity contribution < 1.29 is 4.79 Å². The van der Waals surface area contributed by atoms with Crippen LogP contribution in [-0.2, 0) is 0 Å². The summed E-state index contributed by atoms with van der Waals surface area (Å²) in [7, 11) is 0. The lowest BCUT2D eigenvalue weighted by atomic mass is 10.2. The summed E-state index contributed by atoms with van der Waals surface area (Å²) in [6.07, 6.45) is 0. The first-order valence-corrected chi connectivity index (χ1v) is 6.67. The maximum atomic E-state index is 11.8. The number of carbonyl (C=O) groups excluding carboxylic acids is 1. The topological polar surface area (TPSA) is 29.1 Å². The summed E-state index contributed by atoms with van der Waals surface area (Å²) < 4.78 is 2.17. The van der Waals surface area contributed by atoms with Gasteiger partial charge in [-0.05, 0) is 37.4 Å². The molecule has 16 heavy (non-hydrogen) atoms. The van der Waals surface area contributed by atoms with Crippen molar-refractivity contribution in [3.8, 4) is 0 Å². The summed E-state index contributed by atoms with van der Waals surface area (Å²) in [5, 5.41) is 4.01. The van der Waals surface area contributed by atoms with E-state index in [4.69, 9.17) is 0 Å². The lowest BCUT2D eigenvalue weighted by Crippen LogP contribution is -2.29. The Balaban J connectivity index is 2.36. The first-order valence-electron chi connectivity index (χ1n) is 5.06. The minimum Gasteiger partial charge on any atom is -0.349 e. The van der Waals surface area contributed by atoms with Crippen molar-refractivity contribution in [1.29, 1.82) is 0 Å². The van der Waals surface area contributed by atoms with Crippen molar-refractivity contribution in [2.24, 2.45) is 0 Å². The zero-order valence-electron chi connectivity index (χ0n) is 9.08. The third-order valence-corrected chi connectivity index (χ3v) is 3.72. The van der Waals surface area contributed by atoms with Crippen molar-refractivity contribution >= 4 is 43.3 Å². The van der Waals surface area contributed by atoms with Crippen LogP contribution < -0.4 is 5.32 Å². The third kappa shape index (κ3) is 2.44. The Morgan fingerprint density at radius 1 is 1.38 bits per heavy atom. The molecule has 0 saturated heterocycles. The Morgan fingerprint density at radius 2 is 2.12 bits per heavy atom. The molecule has 84 valence electrons. The summed E-state index contributed by atoms with van der Waals surface area (Å²) in [5.41, 5.74) is 0. The van der Waals surface area contributed by atoms with E-state index in [0.29, 0.717) is 0 Å². The summed E-state index contributed by atoms with van der Waals surface area (Å²) in [5.74, 6) is 0.00678. The number of nitrogens with one attached hydrogen (secondary N) is 1. The molecule has 0 bridgehead atoms. The van der Waals surface area contributed by atoms with E-state index in [1.54, 1.807) is 0 Å². The Kier molecular flexibility index (Phi) is 3.30. The Bertz CT molecular complexity index is 533. The van der Waals surface area contributed by atoms with Gasteiger partial charge in [0.25, 0.3) is 5.91 Å². The number of rotatable bonds is 2. The Hall–Kier alpha value is -0.870. The van der Waals surface area contributed by atoms with Crippen LogP contribution in [0.4, 0.5) is 0 Å². The van der Waals surface area contributed by atoms with Gasteiger partial charge < -0.3 is 5.32 Å². The maximum absolute atomic E-state index is 11.8. The summed E-state index contributed by atoms with van der Waals surface area (Å²) in [6, 6.07) is 8.14. The first kappa shape index (κ1) is 11.6. The van der Waals surface area contributed by atoms with Crippen LogP contribution in [0.2, 0.25) is 0 Å². The number of amides is 1. The molecule has 0 aliphatic heterocycles. The van der Waals surface area contributed by atoms with Gasteiger partial charge in [0.1, 0.15) is 0 Å². The third-order valence-electron chi connectivity index (χ3n) is 2.13. The molecule has 1 amide bonds. The van der Waals surface area contributed by atoms with E-state index < -0.39 is 0 Å². The lowest BCUT2D eigenvalue weighted by Gasteiger charge is -2.05. The minimum absolute atomic E-state index is 0.00678. The van der Waals surface area contributed by atoms with Crippen molar-refractivity contribution in [3.05, 3.63) is 33.6 Å². The van der Waals surface area contributed by atoms with Gasteiger partial charge in [0.05, 0.1) is 4.88 Å². The molecule has 0 saturated carbocycles. The Morgan fingerprint density at radius 3 is 2.81 bits per heavy atom. The van der Waals surface area contributed by atoms with Crippen molar-refractivity contribution in [2.45, 2.75) is 19.9 Å². The van der Waals surface area contributed by atoms with Crippen LogP contribution in [0.1, 0.15) is 23.5 Å². The van der Waals surface area contributed by atoms with Gasteiger partial charge in [-0.1, -0.05) is 22.0 Å². The number of thiophene rings is 1. The molecule has 2 aromatic rings. The summed E-state index contributed by atoms with van der Waals surface area (Å²) in [4.78, 5) is 12.6. The predicted molar refractivity (Wildman–Crippen MR) is 72.1 cm³/mol. The van der Waals surface area contributed by atoms with Crippen LogP contribution in [0.5, 0.6) is 0 Å². The van der Waals surface area contributed by atoms with Gasteiger partial charge in [-0.25, -0.2) is 0 Å². The fourth-order valence-electron chi connectivity index (χ4n) is 1.45. The zero-order chi connectivity index (χ0) is 11.7. The summed E-state index contributed by atoms with van der Waals surface area (Å²) in [6.45, 7) is 3.92. The highest BCUT2D eigenvalue weighted by atomic mass is 79.9. The second kappa shape index (κ2) is 4.55. The van der Waals surface area contributed by atoms with Gasteiger partial charge in [0.2, 0.25) is 0 Å². The standard InChI is InChI=1S/C12H12BrNOS/c1-7(2)14-12(15)11-5-8-3-4-9(13)6-10(8)16-11/h3-7H,1-2H3,(H,14,15). The van der Waals surface area contributed by atoms with E-state index in [1.807, 2.05) is 38.1 Å². The Labute approximate surface area is 107 Å². The molecule has 0 unspecified atom stereocenters. The van der Waals surface area contributed by atoms with E-state index >= 15 is 0 Å². The second-order valence-corrected chi connectivity index (χ2v) is 5.92. The number of halogens is 1. The minimum atomic E-state index is 0.00678. The second-order valence-electron chi connectivity index (χ2n) is 3.92. The molecule has 0 aliphatic rings. The molecule has 2 nitrogen and oxygen atoms in total.